The Balaban J connectivity index is 4.81. The van der Waals surface area contributed by atoms with Gasteiger partial charge in [-0.15, -0.1) is 0 Å². The Kier molecular flexibility index (Phi) is 8.11. The molecule has 0 heterocycles. The lowest BCUT2D eigenvalue weighted by molar-refractivity contribution is -0.166. The van der Waals surface area contributed by atoms with Gasteiger partial charge in [0, 0.05) is 6.42 Å². The van der Waals surface area contributed by atoms with Crippen molar-refractivity contribution in [2.24, 2.45) is 5.92 Å². The van der Waals surface area contributed by atoms with Crippen LogP contribution >= 0.6 is 0 Å². The van der Waals surface area contributed by atoms with Crippen LogP contribution in [-0.4, -0.2) is 29.9 Å². The van der Waals surface area contributed by atoms with Gasteiger partial charge in [0.1, 0.15) is 17.3 Å². The second-order valence-electron chi connectivity index (χ2n) is 5.67. The van der Waals surface area contributed by atoms with Gasteiger partial charge in [0.25, 0.3) is 0 Å². The Morgan fingerprint density at radius 1 is 1.10 bits per heavy atom. The summed E-state index contributed by atoms with van der Waals surface area (Å²) >= 11 is 0. The minimum atomic E-state index is -1.06. The normalized spacial score (nSPS) is 12.7. The topological polar surface area (TPSA) is 69.7 Å². The van der Waals surface area contributed by atoms with E-state index in [1.165, 1.54) is 0 Å². The molecule has 0 N–H and O–H groups in total. The van der Waals surface area contributed by atoms with E-state index in [1.807, 2.05) is 6.92 Å². The van der Waals surface area contributed by atoms with E-state index in [2.05, 4.69) is 0 Å². The van der Waals surface area contributed by atoms with Crippen LogP contribution in [0.15, 0.2) is 0 Å². The number of carbonyl (C=O) groups excluding carboxylic acids is 3. The summed E-state index contributed by atoms with van der Waals surface area (Å²) < 4.78 is 10.0. The molecule has 20 heavy (non-hydrogen) atoms. The summed E-state index contributed by atoms with van der Waals surface area (Å²) in [6.45, 7) is 9.04. The third kappa shape index (κ3) is 7.92. The third-order valence-electron chi connectivity index (χ3n) is 2.53. The molecule has 0 aromatic rings. The van der Waals surface area contributed by atoms with E-state index < -0.39 is 23.5 Å². The molecule has 0 fully saturated rings. The van der Waals surface area contributed by atoms with E-state index in [9.17, 15) is 14.4 Å². The van der Waals surface area contributed by atoms with Crippen molar-refractivity contribution in [3.63, 3.8) is 0 Å². The van der Waals surface area contributed by atoms with Crippen molar-refractivity contribution in [1.29, 1.82) is 0 Å². The van der Waals surface area contributed by atoms with Crippen LogP contribution in [0.5, 0.6) is 0 Å². The molecule has 0 aromatic carbocycles. The van der Waals surface area contributed by atoms with Gasteiger partial charge >= 0.3 is 11.9 Å². The number of ether oxygens (including phenoxy) is 2. The zero-order valence-corrected chi connectivity index (χ0v) is 13.2. The van der Waals surface area contributed by atoms with Crippen LogP contribution in [-0.2, 0) is 23.9 Å². The van der Waals surface area contributed by atoms with Gasteiger partial charge in [0.15, 0.2) is 0 Å². The van der Waals surface area contributed by atoms with Gasteiger partial charge in [-0.1, -0.05) is 13.3 Å². The predicted octanol–water partition coefficient (Wildman–Crippen LogP) is 2.66. The second-order valence-corrected chi connectivity index (χ2v) is 5.67. The summed E-state index contributed by atoms with van der Waals surface area (Å²) in [5, 5.41) is 0. The maximum atomic E-state index is 12.1. The van der Waals surface area contributed by atoms with Gasteiger partial charge in [0.2, 0.25) is 0 Å². The van der Waals surface area contributed by atoms with E-state index in [1.54, 1.807) is 27.7 Å². The number of Topliss-reactive ketones (excluding diaryl/α,β-unsaturated/α-hetero) is 1. The van der Waals surface area contributed by atoms with E-state index in [4.69, 9.17) is 9.47 Å². The molecule has 0 saturated carbocycles. The minimum Gasteiger partial charge on any atom is -0.466 e. The molecule has 0 amide bonds. The molecule has 0 rings (SSSR count). The van der Waals surface area contributed by atoms with E-state index in [0.29, 0.717) is 6.42 Å². The number of rotatable bonds is 8. The van der Waals surface area contributed by atoms with Crippen LogP contribution in [0.1, 0.15) is 60.3 Å². The van der Waals surface area contributed by atoms with Gasteiger partial charge in [-0.05, 0) is 34.1 Å². The van der Waals surface area contributed by atoms with Crippen molar-refractivity contribution in [1.82, 2.24) is 0 Å². The van der Waals surface area contributed by atoms with Gasteiger partial charge in [-0.3, -0.25) is 14.4 Å². The average Bonchev–Trinajstić information content (AvgIpc) is 2.31. The summed E-state index contributed by atoms with van der Waals surface area (Å²) in [6.07, 6.45) is 1.58. The fourth-order valence-electron chi connectivity index (χ4n) is 1.61. The van der Waals surface area contributed by atoms with Gasteiger partial charge in [-0.25, -0.2) is 0 Å². The highest BCUT2D eigenvalue weighted by atomic mass is 16.6. The Morgan fingerprint density at radius 2 is 1.70 bits per heavy atom. The lowest BCUT2D eigenvalue weighted by Gasteiger charge is -2.23. The standard InChI is InChI=1S/C15H26O5/c1-6-8-9-12(16)11(10-13(17)19-7-2)14(18)20-15(3,4)5/h11H,6-10H2,1-5H3. The first-order chi connectivity index (χ1) is 9.21. The first-order valence-corrected chi connectivity index (χ1v) is 7.12. The van der Waals surface area contributed by atoms with Crippen LogP contribution in [0.3, 0.4) is 0 Å². The molecule has 0 aliphatic rings. The van der Waals surface area contributed by atoms with Crippen molar-refractivity contribution >= 4 is 17.7 Å². The summed E-state index contributed by atoms with van der Waals surface area (Å²) in [4.78, 5) is 35.6. The van der Waals surface area contributed by atoms with Crippen molar-refractivity contribution in [2.45, 2.75) is 65.9 Å². The molecule has 0 aromatic heterocycles. The van der Waals surface area contributed by atoms with Gasteiger partial charge in [0.05, 0.1) is 13.0 Å². The number of hydrogen-bond acceptors (Lipinski definition) is 5. The number of unbranched alkanes of at least 4 members (excludes halogenated alkanes) is 1. The largest absolute Gasteiger partial charge is 0.466 e. The molecule has 1 unspecified atom stereocenters. The summed E-state index contributed by atoms with van der Waals surface area (Å²) in [7, 11) is 0. The summed E-state index contributed by atoms with van der Waals surface area (Å²) in [5.74, 6) is -2.51. The molecular formula is C15H26O5. The molecule has 1 atom stereocenters. The molecule has 116 valence electrons. The third-order valence-corrected chi connectivity index (χ3v) is 2.53. The highest BCUT2D eigenvalue weighted by molar-refractivity contribution is 6.01. The Bertz CT molecular complexity index is 341. The monoisotopic (exact) mass is 286 g/mol. The number of carbonyl (C=O) groups is 3. The quantitative estimate of drug-likeness (QED) is 0.507. The second kappa shape index (κ2) is 8.72. The fraction of sp³-hybridized carbons (Fsp3) is 0.800. The molecule has 0 saturated heterocycles. The minimum absolute atomic E-state index is 0.225. The first kappa shape index (κ1) is 18.6. The Morgan fingerprint density at radius 3 is 2.15 bits per heavy atom. The maximum absolute atomic E-state index is 12.1. The SMILES string of the molecule is CCCCC(=O)C(CC(=O)OCC)C(=O)OC(C)(C)C. The number of esters is 2. The fourth-order valence-corrected chi connectivity index (χ4v) is 1.61. The molecule has 5 heteroatoms. The molecular weight excluding hydrogens is 260 g/mol. The first-order valence-electron chi connectivity index (χ1n) is 7.12. The lowest BCUT2D eigenvalue weighted by Crippen LogP contribution is -2.34. The van der Waals surface area contributed by atoms with Crippen molar-refractivity contribution in [3.05, 3.63) is 0 Å². The predicted molar refractivity (Wildman–Crippen MR) is 75.1 cm³/mol. The molecule has 5 nitrogen and oxygen atoms in total. The van der Waals surface area contributed by atoms with Crippen molar-refractivity contribution in [3.8, 4) is 0 Å². The van der Waals surface area contributed by atoms with Crippen molar-refractivity contribution < 1.29 is 23.9 Å². The van der Waals surface area contributed by atoms with E-state index in [-0.39, 0.29) is 25.2 Å². The maximum Gasteiger partial charge on any atom is 0.317 e. The zero-order valence-electron chi connectivity index (χ0n) is 13.2. The smallest absolute Gasteiger partial charge is 0.317 e. The van der Waals surface area contributed by atoms with Gasteiger partial charge in [-0.2, -0.15) is 0 Å². The summed E-state index contributed by atoms with van der Waals surface area (Å²) in [6, 6.07) is 0. The highest BCUT2D eigenvalue weighted by Crippen LogP contribution is 2.17. The summed E-state index contributed by atoms with van der Waals surface area (Å²) in [5.41, 5.74) is -0.685. The lowest BCUT2D eigenvalue weighted by atomic mass is 9.96. The van der Waals surface area contributed by atoms with Gasteiger partial charge < -0.3 is 9.47 Å². The van der Waals surface area contributed by atoms with Crippen LogP contribution in [0.4, 0.5) is 0 Å². The number of ketones is 1. The Labute approximate surface area is 121 Å². The molecule has 0 bridgehead atoms. The van der Waals surface area contributed by atoms with Crippen LogP contribution in [0.25, 0.3) is 0 Å². The Hall–Kier alpha value is -1.39. The number of hydrogen-bond donors (Lipinski definition) is 0. The molecule has 0 aliphatic heterocycles. The van der Waals surface area contributed by atoms with Crippen LogP contribution in [0.2, 0.25) is 0 Å². The highest BCUT2D eigenvalue weighted by Gasteiger charge is 2.33. The molecule has 0 aliphatic carbocycles. The zero-order chi connectivity index (χ0) is 15.8. The average molecular weight is 286 g/mol. The van der Waals surface area contributed by atoms with E-state index in [0.717, 1.165) is 6.42 Å². The van der Waals surface area contributed by atoms with Crippen molar-refractivity contribution in [2.75, 3.05) is 6.61 Å². The molecule has 0 spiro atoms. The van der Waals surface area contributed by atoms with Crippen LogP contribution < -0.4 is 0 Å². The van der Waals surface area contributed by atoms with Crippen LogP contribution in [0, 0.1) is 5.92 Å². The molecule has 0 radical (unpaired) electrons. The van der Waals surface area contributed by atoms with E-state index >= 15 is 0 Å².